The van der Waals surface area contributed by atoms with Crippen molar-refractivity contribution in [3.8, 4) is 0 Å². The Bertz CT molecular complexity index is 280. The number of amides is 1. The van der Waals surface area contributed by atoms with E-state index in [4.69, 9.17) is 4.74 Å². The van der Waals surface area contributed by atoms with E-state index in [1.54, 1.807) is 4.90 Å². The van der Waals surface area contributed by atoms with Crippen LogP contribution in [-0.2, 0) is 9.53 Å². The molecule has 1 heterocycles. The maximum Gasteiger partial charge on any atom is 0.410 e. The summed E-state index contributed by atoms with van der Waals surface area (Å²) in [4.78, 5) is 25.2. The molecule has 0 aliphatic carbocycles. The smallest absolute Gasteiger partial charge is 0.410 e. The standard InChI is InChI=1S/C14H25NO3/c1-14(2,3)18-13(17)15-10-6-4-8-12(16)9-5-7-11-15/h4-11H2,1-3H3. The number of carbonyl (C=O) groups excluding carboxylic acids is 2. The number of nitrogens with zero attached hydrogens (tertiary/aromatic N) is 1. The van der Waals surface area contributed by atoms with E-state index >= 15 is 0 Å². The zero-order chi connectivity index (χ0) is 13.6. The van der Waals surface area contributed by atoms with Gasteiger partial charge in [0.2, 0.25) is 0 Å². The molecule has 0 bridgehead atoms. The second-order valence-electron chi connectivity index (χ2n) is 5.92. The van der Waals surface area contributed by atoms with Crippen molar-refractivity contribution in [2.75, 3.05) is 13.1 Å². The van der Waals surface area contributed by atoms with Crippen LogP contribution in [0.15, 0.2) is 0 Å². The van der Waals surface area contributed by atoms with Crippen molar-refractivity contribution in [2.45, 2.75) is 64.9 Å². The maximum atomic E-state index is 12.0. The second-order valence-corrected chi connectivity index (χ2v) is 5.92. The van der Waals surface area contributed by atoms with E-state index in [9.17, 15) is 9.59 Å². The van der Waals surface area contributed by atoms with E-state index in [1.165, 1.54) is 0 Å². The summed E-state index contributed by atoms with van der Waals surface area (Å²) in [5.74, 6) is 0.362. The number of hydrogen-bond donors (Lipinski definition) is 0. The van der Waals surface area contributed by atoms with Gasteiger partial charge < -0.3 is 9.64 Å². The van der Waals surface area contributed by atoms with Crippen molar-refractivity contribution < 1.29 is 14.3 Å². The first-order valence-electron chi connectivity index (χ1n) is 6.88. The number of hydrogen-bond acceptors (Lipinski definition) is 3. The molecule has 0 aromatic rings. The molecule has 1 amide bonds. The molecule has 104 valence electrons. The number of Topliss-reactive ketones (excluding diaryl/α,β-unsaturated/α-hetero) is 1. The second kappa shape index (κ2) is 6.76. The molecule has 1 fully saturated rings. The lowest BCUT2D eigenvalue weighted by Gasteiger charge is -2.27. The SMILES string of the molecule is CC(C)(C)OC(=O)N1CCCCC(=O)CCCC1. The Hall–Kier alpha value is -1.06. The number of carbonyl (C=O) groups is 2. The molecular weight excluding hydrogens is 230 g/mol. The summed E-state index contributed by atoms with van der Waals surface area (Å²) < 4.78 is 5.39. The highest BCUT2D eigenvalue weighted by molar-refractivity contribution is 5.78. The van der Waals surface area contributed by atoms with Crippen LogP contribution in [0.3, 0.4) is 0 Å². The lowest BCUT2D eigenvalue weighted by Crippen LogP contribution is -2.38. The van der Waals surface area contributed by atoms with Crippen molar-refractivity contribution in [3.05, 3.63) is 0 Å². The monoisotopic (exact) mass is 255 g/mol. The lowest BCUT2D eigenvalue weighted by atomic mass is 10.1. The Labute approximate surface area is 110 Å². The van der Waals surface area contributed by atoms with Gasteiger partial charge in [0.05, 0.1) is 0 Å². The van der Waals surface area contributed by atoms with E-state index in [2.05, 4.69) is 0 Å². The average molecular weight is 255 g/mol. The first kappa shape index (κ1) is 15.0. The Morgan fingerprint density at radius 3 is 2.00 bits per heavy atom. The molecule has 0 aromatic heterocycles. The molecule has 0 unspecified atom stereocenters. The first-order chi connectivity index (χ1) is 8.38. The third-order valence-electron chi connectivity index (χ3n) is 2.92. The van der Waals surface area contributed by atoms with E-state index < -0.39 is 5.60 Å². The fourth-order valence-corrected chi connectivity index (χ4v) is 2.00. The molecule has 18 heavy (non-hydrogen) atoms. The number of ether oxygens (including phenoxy) is 1. The van der Waals surface area contributed by atoms with E-state index in [-0.39, 0.29) is 6.09 Å². The Morgan fingerprint density at radius 2 is 1.56 bits per heavy atom. The van der Waals surface area contributed by atoms with Crippen LogP contribution in [0.4, 0.5) is 4.79 Å². The molecule has 0 atom stereocenters. The third kappa shape index (κ3) is 6.03. The molecule has 0 spiro atoms. The van der Waals surface area contributed by atoms with Crippen LogP contribution in [0, 0.1) is 0 Å². The van der Waals surface area contributed by atoms with Crippen LogP contribution in [0.5, 0.6) is 0 Å². The molecule has 1 aliphatic rings. The summed E-state index contributed by atoms with van der Waals surface area (Å²) in [7, 11) is 0. The van der Waals surface area contributed by atoms with Gasteiger partial charge in [-0.15, -0.1) is 0 Å². The predicted octanol–water partition coefficient (Wildman–Crippen LogP) is 3.15. The topological polar surface area (TPSA) is 46.6 Å². The highest BCUT2D eigenvalue weighted by Gasteiger charge is 2.22. The van der Waals surface area contributed by atoms with Crippen molar-refractivity contribution in [1.29, 1.82) is 0 Å². The molecule has 0 aromatic carbocycles. The quantitative estimate of drug-likeness (QED) is 0.668. The van der Waals surface area contributed by atoms with Crippen LogP contribution in [0.1, 0.15) is 59.3 Å². The van der Waals surface area contributed by atoms with Gasteiger partial charge in [-0.25, -0.2) is 4.79 Å². The van der Waals surface area contributed by atoms with Gasteiger partial charge in [0.25, 0.3) is 0 Å². The van der Waals surface area contributed by atoms with Crippen molar-refractivity contribution in [1.82, 2.24) is 4.90 Å². The molecule has 0 saturated carbocycles. The van der Waals surface area contributed by atoms with Crippen LogP contribution in [0.2, 0.25) is 0 Å². The number of rotatable bonds is 0. The molecule has 0 N–H and O–H groups in total. The fourth-order valence-electron chi connectivity index (χ4n) is 2.00. The Kier molecular flexibility index (Phi) is 5.63. The molecule has 1 rings (SSSR count). The van der Waals surface area contributed by atoms with Gasteiger partial charge in [0.1, 0.15) is 11.4 Å². The molecule has 0 radical (unpaired) electrons. The summed E-state index contributed by atoms with van der Waals surface area (Å²) in [6.45, 7) is 7.03. The van der Waals surface area contributed by atoms with Crippen LogP contribution < -0.4 is 0 Å². The minimum absolute atomic E-state index is 0.227. The van der Waals surface area contributed by atoms with Gasteiger partial charge in [-0.1, -0.05) is 0 Å². The zero-order valence-electron chi connectivity index (χ0n) is 11.8. The predicted molar refractivity (Wildman–Crippen MR) is 70.5 cm³/mol. The first-order valence-corrected chi connectivity index (χ1v) is 6.88. The average Bonchev–Trinajstić information content (AvgIpc) is 2.24. The van der Waals surface area contributed by atoms with Gasteiger partial charge >= 0.3 is 6.09 Å². The van der Waals surface area contributed by atoms with Crippen LogP contribution in [0.25, 0.3) is 0 Å². The summed E-state index contributed by atoms with van der Waals surface area (Å²) >= 11 is 0. The summed E-state index contributed by atoms with van der Waals surface area (Å²) in [5, 5.41) is 0. The van der Waals surface area contributed by atoms with Gasteiger partial charge in [0.15, 0.2) is 0 Å². The zero-order valence-corrected chi connectivity index (χ0v) is 11.8. The van der Waals surface area contributed by atoms with E-state index in [0.717, 1.165) is 25.7 Å². The van der Waals surface area contributed by atoms with Gasteiger partial charge in [-0.05, 0) is 46.5 Å². The summed E-state index contributed by atoms with van der Waals surface area (Å²) in [6, 6.07) is 0. The Balaban J connectivity index is 2.48. The largest absolute Gasteiger partial charge is 0.444 e. The third-order valence-corrected chi connectivity index (χ3v) is 2.92. The minimum Gasteiger partial charge on any atom is -0.444 e. The van der Waals surface area contributed by atoms with Gasteiger partial charge in [-0.3, -0.25) is 4.79 Å². The molecule has 1 saturated heterocycles. The Morgan fingerprint density at radius 1 is 1.06 bits per heavy atom. The lowest BCUT2D eigenvalue weighted by molar-refractivity contribution is -0.119. The van der Waals surface area contributed by atoms with Crippen molar-refractivity contribution in [3.63, 3.8) is 0 Å². The van der Waals surface area contributed by atoms with Crippen molar-refractivity contribution >= 4 is 11.9 Å². The molecular formula is C14H25NO3. The summed E-state index contributed by atoms with van der Waals surface area (Å²) in [6.07, 6.45) is 4.59. The highest BCUT2D eigenvalue weighted by atomic mass is 16.6. The highest BCUT2D eigenvalue weighted by Crippen LogP contribution is 2.14. The van der Waals surface area contributed by atoms with E-state index in [1.807, 2.05) is 20.8 Å². The molecule has 4 nitrogen and oxygen atoms in total. The minimum atomic E-state index is -0.442. The van der Waals surface area contributed by atoms with Gasteiger partial charge in [-0.2, -0.15) is 0 Å². The van der Waals surface area contributed by atoms with Crippen molar-refractivity contribution in [2.24, 2.45) is 0 Å². The van der Waals surface area contributed by atoms with Crippen LogP contribution in [-0.4, -0.2) is 35.5 Å². The summed E-state index contributed by atoms with van der Waals surface area (Å²) in [5.41, 5.74) is -0.442. The van der Waals surface area contributed by atoms with E-state index in [0.29, 0.717) is 31.7 Å². The number of ketones is 1. The molecule has 1 aliphatic heterocycles. The molecule has 4 heteroatoms. The maximum absolute atomic E-state index is 12.0. The van der Waals surface area contributed by atoms with Crippen LogP contribution >= 0.6 is 0 Å². The normalized spacial score (nSPS) is 19.5. The van der Waals surface area contributed by atoms with Gasteiger partial charge in [0, 0.05) is 25.9 Å². The fraction of sp³-hybridized carbons (Fsp3) is 0.857.